The Hall–Kier alpha value is -0.290. The molecule has 0 amide bonds. The predicted octanol–water partition coefficient (Wildman–Crippen LogP) is 3.41. The van der Waals surface area contributed by atoms with Crippen LogP contribution in [0.2, 0.25) is 0 Å². The lowest BCUT2D eigenvalue weighted by molar-refractivity contribution is -0.207. The second kappa shape index (κ2) is 5.78. The van der Waals surface area contributed by atoms with Crippen molar-refractivity contribution < 1.29 is 17.9 Å². The summed E-state index contributed by atoms with van der Waals surface area (Å²) in [5.74, 6) is 0. The molecule has 2 rings (SSSR count). The Kier molecular flexibility index (Phi) is 4.54. The highest BCUT2D eigenvalue weighted by molar-refractivity contribution is 4.90. The molecule has 0 heterocycles. The third-order valence-corrected chi connectivity index (χ3v) is 3.85. The van der Waals surface area contributed by atoms with Crippen LogP contribution in [-0.2, 0) is 4.74 Å². The zero-order valence-electron chi connectivity index (χ0n) is 10.7. The van der Waals surface area contributed by atoms with E-state index in [0.717, 1.165) is 51.4 Å². The molecule has 2 aliphatic carbocycles. The lowest BCUT2D eigenvalue weighted by Crippen LogP contribution is -2.45. The van der Waals surface area contributed by atoms with Crippen LogP contribution < -0.4 is 5.32 Å². The summed E-state index contributed by atoms with van der Waals surface area (Å²) < 4.78 is 42.3. The van der Waals surface area contributed by atoms with Crippen LogP contribution in [-0.4, -0.2) is 31.0 Å². The van der Waals surface area contributed by atoms with Crippen LogP contribution in [0.1, 0.15) is 51.4 Å². The van der Waals surface area contributed by atoms with Gasteiger partial charge in [-0.15, -0.1) is 0 Å². The fourth-order valence-electron chi connectivity index (χ4n) is 2.60. The van der Waals surface area contributed by atoms with E-state index in [1.54, 1.807) is 0 Å². The average molecular weight is 265 g/mol. The fraction of sp³-hybridized carbons (Fsp3) is 1.00. The van der Waals surface area contributed by atoms with Gasteiger partial charge in [0.15, 0.2) is 0 Å². The van der Waals surface area contributed by atoms with E-state index in [1.807, 2.05) is 0 Å². The number of halogens is 3. The van der Waals surface area contributed by atoms with Gasteiger partial charge < -0.3 is 10.1 Å². The largest absolute Gasteiger partial charge is 0.411 e. The Morgan fingerprint density at radius 1 is 1.06 bits per heavy atom. The molecule has 0 radical (unpaired) electrons. The van der Waals surface area contributed by atoms with E-state index in [4.69, 9.17) is 4.74 Å². The molecular weight excluding hydrogens is 243 g/mol. The second-order valence-corrected chi connectivity index (χ2v) is 5.66. The lowest BCUT2D eigenvalue weighted by atomic mass is 9.94. The zero-order valence-corrected chi connectivity index (χ0v) is 10.7. The van der Waals surface area contributed by atoms with E-state index >= 15 is 0 Å². The average Bonchev–Trinajstić information content (AvgIpc) is 3.11. The highest BCUT2D eigenvalue weighted by Crippen LogP contribution is 2.33. The van der Waals surface area contributed by atoms with Crippen molar-refractivity contribution in [3.63, 3.8) is 0 Å². The molecule has 2 fully saturated rings. The first-order valence-corrected chi connectivity index (χ1v) is 6.93. The standard InChI is InChI=1S/C13H22F3NO/c14-13(15,16)10-18-12(9-17-11-5-6-11)7-3-1-2-4-8-12/h11,17H,1-10H2. The van der Waals surface area contributed by atoms with Crippen LogP contribution in [0.4, 0.5) is 13.2 Å². The molecule has 0 unspecified atom stereocenters. The van der Waals surface area contributed by atoms with Gasteiger partial charge in [0.2, 0.25) is 0 Å². The molecule has 0 bridgehead atoms. The van der Waals surface area contributed by atoms with E-state index in [2.05, 4.69) is 5.32 Å². The highest BCUT2D eigenvalue weighted by Gasteiger charge is 2.38. The number of ether oxygens (including phenoxy) is 1. The van der Waals surface area contributed by atoms with Gasteiger partial charge in [-0.25, -0.2) is 0 Å². The van der Waals surface area contributed by atoms with Crippen molar-refractivity contribution in [3.8, 4) is 0 Å². The van der Waals surface area contributed by atoms with Gasteiger partial charge in [0.05, 0.1) is 5.60 Å². The van der Waals surface area contributed by atoms with Gasteiger partial charge in [0.1, 0.15) is 6.61 Å². The number of hydrogen-bond acceptors (Lipinski definition) is 2. The van der Waals surface area contributed by atoms with Gasteiger partial charge >= 0.3 is 6.18 Å². The normalized spacial score (nSPS) is 24.8. The van der Waals surface area contributed by atoms with Crippen molar-refractivity contribution in [3.05, 3.63) is 0 Å². The second-order valence-electron chi connectivity index (χ2n) is 5.66. The smallest absolute Gasteiger partial charge is 0.364 e. The summed E-state index contributed by atoms with van der Waals surface area (Å²) in [6.45, 7) is -0.535. The summed E-state index contributed by atoms with van der Waals surface area (Å²) in [7, 11) is 0. The van der Waals surface area contributed by atoms with Crippen LogP contribution in [0.25, 0.3) is 0 Å². The van der Waals surface area contributed by atoms with Gasteiger partial charge in [-0.1, -0.05) is 25.7 Å². The van der Waals surface area contributed by atoms with Crippen molar-refractivity contribution in [2.75, 3.05) is 13.2 Å². The number of hydrogen-bond donors (Lipinski definition) is 1. The SMILES string of the molecule is FC(F)(F)COC1(CNC2CC2)CCCCCC1. The van der Waals surface area contributed by atoms with Crippen molar-refractivity contribution in [2.45, 2.75) is 69.2 Å². The third kappa shape index (κ3) is 4.76. The molecule has 1 N–H and O–H groups in total. The van der Waals surface area contributed by atoms with Crippen LogP contribution in [0, 0.1) is 0 Å². The summed E-state index contributed by atoms with van der Waals surface area (Å²) in [5.41, 5.74) is -0.589. The van der Waals surface area contributed by atoms with E-state index < -0.39 is 18.4 Å². The number of rotatable bonds is 5. The van der Waals surface area contributed by atoms with Crippen LogP contribution in [0.3, 0.4) is 0 Å². The van der Waals surface area contributed by atoms with Crippen LogP contribution >= 0.6 is 0 Å². The third-order valence-electron chi connectivity index (χ3n) is 3.85. The molecule has 0 spiro atoms. The van der Waals surface area contributed by atoms with Crippen LogP contribution in [0.5, 0.6) is 0 Å². The van der Waals surface area contributed by atoms with Crippen LogP contribution in [0.15, 0.2) is 0 Å². The molecule has 0 atom stereocenters. The maximum absolute atomic E-state index is 12.3. The quantitative estimate of drug-likeness (QED) is 0.769. The van der Waals surface area contributed by atoms with Crippen molar-refractivity contribution in [2.24, 2.45) is 0 Å². The first-order valence-electron chi connectivity index (χ1n) is 6.93. The van der Waals surface area contributed by atoms with E-state index in [-0.39, 0.29) is 0 Å². The summed E-state index contributed by atoms with van der Waals surface area (Å²) >= 11 is 0. The molecule has 0 saturated heterocycles. The summed E-state index contributed by atoms with van der Waals surface area (Å²) in [6.07, 6.45) is 3.75. The summed E-state index contributed by atoms with van der Waals surface area (Å²) in [5, 5.41) is 3.34. The number of nitrogens with one attached hydrogen (secondary N) is 1. The topological polar surface area (TPSA) is 21.3 Å². The Balaban J connectivity index is 1.90. The molecule has 5 heteroatoms. The minimum Gasteiger partial charge on any atom is -0.364 e. The lowest BCUT2D eigenvalue weighted by Gasteiger charge is -2.34. The van der Waals surface area contributed by atoms with E-state index in [9.17, 15) is 13.2 Å². The van der Waals surface area contributed by atoms with Gasteiger partial charge in [-0.3, -0.25) is 0 Å². The minimum absolute atomic E-state index is 0.514. The fourth-order valence-corrected chi connectivity index (χ4v) is 2.60. The van der Waals surface area contributed by atoms with E-state index in [1.165, 1.54) is 0 Å². The van der Waals surface area contributed by atoms with Gasteiger partial charge in [-0.05, 0) is 25.7 Å². The molecule has 2 nitrogen and oxygen atoms in total. The first kappa shape index (κ1) is 14.1. The Bertz CT molecular complexity index is 255. The molecule has 2 aliphatic rings. The molecule has 2 saturated carbocycles. The van der Waals surface area contributed by atoms with Crippen molar-refractivity contribution in [1.29, 1.82) is 0 Å². The molecule has 106 valence electrons. The molecular formula is C13H22F3NO. The van der Waals surface area contributed by atoms with Gasteiger partial charge in [-0.2, -0.15) is 13.2 Å². The Labute approximate surface area is 106 Å². The molecule has 0 aromatic carbocycles. The maximum atomic E-state index is 12.3. The number of alkyl halides is 3. The highest BCUT2D eigenvalue weighted by atomic mass is 19.4. The summed E-state index contributed by atoms with van der Waals surface area (Å²) in [4.78, 5) is 0. The zero-order chi connectivity index (χ0) is 13.1. The predicted molar refractivity (Wildman–Crippen MR) is 63.5 cm³/mol. The first-order chi connectivity index (χ1) is 8.49. The van der Waals surface area contributed by atoms with Crippen molar-refractivity contribution >= 4 is 0 Å². The van der Waals surface area contributed by atoms with Crippen molar-refractivity contribution in [1.82, 2.24) is 5.32 Å². The monoisotopic (exact) mass is 265 g/mol. The maximum Gasteiger partial charge on any atom is 0.411 e. The van der Waals surface area contributed by atoms with E-state index in [0.29, 0.717) is 12.6 Å². The Morgan fingerprint density at radius 2 is 1.67 bits per heavy atom. The van der Waals surface area contributed by atoms with Gasteiger partial charge in [0.25, 0.3) is 0 Å². The molecule has 0 aromatic heterocycles. The molecule has 0 aliphatic heterocycles. The molecule has 18 heavy (non-hydrogen) atoms. The Morgan fingerprint density at radius 3 is 2.17 bits per heavy atom. The molecule has 0 aromatic rings. The summed E-state index contributed by atoms with van der Waals surface area (Å²) in [6, 6.07) is 0.514. The minimum atomic E-state index is -4.22. The van der Waals surface area contributed by atoms with Gasteiger partial charge in [0, 0.05) is 12.6 Å².